The van der Waals surface area contributed by atoms with Crippen molar-refractivity contribution in [2.45, 2.75) is 11.5 Å². The van der Waals surface area contributed by atoms with E-state index in [1.54, 1.807) is 0 Å². The van der Waals surface area contributed by atoms with Gasteiger partial charge in [0.25, 0.3) is 0 Å². The predicted octanol–water partition coefficient (Wildman–Crippen LogP) is 1.77. The number of aromatic nitrogens is 2. The smallest absolute Gasteiger partial charge is 0.342 e. The number of nitrogen functional groups attached to an aromatic ring is 2. The van der Waals surface area contributed by atoms with Crippen molar-refractivity contribution in [2.24, 2.45) is 15.4 Å². The van der Waals surface area contributed by atoms with Crippen LogP contribution in [0.4, 0.5) is 23.1 Å². The van der Waals surface area contributed by atoms with Crippen molar-refractivity contribution in [2.75, 3.05) is 11.5 Å². The number of sulfonamides is 1. The van der Waals surface area contributed by atoms with Crippen molar-refractivity contribution in [3.8, 4) is 5.75 Å². The third kappa shape index (κ3) is 5.49. The number of benzene rings is 2. The standard InChI is InChI=1S/C18H17N7O5S/c19-16-10(8-22-18(20)23-16)9-30-17(27)14-7-12(3-6-15(14)26)25-24-11-1-4-13(5-2-11)31(21,28)29/h1-8,26H,9H2,(H2,21,28,29)(H4,19,20,22,23)/b25-24+. The molecule has 13 heteroatoms. The van der Waals surface area contributed by atoms with Gasteiger partial charge in [-0.2, -0.15) is 15.2 Å². The van der Waals surface area contributed by atoms with Crippen LogP contribution < -0.4 is 16.6 Å². The summed E-state index contributed by atoms with van der Waals surface area (Å²) in [5.74, 6) is -1.09. The van der Waals surface area contributed by atoms with E-state index in [9.17, 15) is 18.3 Å². The first-order valence-electron chi connectivity index (χ1n) is 8.55. The van der Waals surface area contributed by atoms with Crippen LogP contribution in [0.1, 0.15) is 15.9 Å². The first-order valence-corrected chi connectivity index (χ1v) is 10.1. The Bertz CT molecular complexity index is 1260. The third-order valence-electron chi connectivity index (χ3n) is 3.92. The van der Waals surface area contributed by atoms with Gasteiger partial charge in [0.15, 0.2) is 0 Å². The normalized spacial score (nSPS) is 11.5. The van der Waals surface area contributed by atoms with Gasteiger partial charge in [-0.1, -0.05) is 0 Å². The number of ether oxygens (including phenoxy) is 1. The molecule has 0 aliphatic carbocycles. The first kappa shape index (κ1) is 21.6. The minimum absolute atomic E-state index is 0.0115. The first-order chi connectivity index (χ1) is 14.6. The fourth-order valence-corrected chi connectivity index (χ4v) is 2.85. The average molecular weight is 443 g/mol. The van der Waals surface area contributed by atoms with Gasteiger partial charge in [-0.25, -0.2) is 23.3 Å². The van der Waals surface area contributed by atoms with E-state index in [0.29, 0.717) is 11.3 Å². The zero-order valence-corrected chi connectivity index (χ0v) is 16.7. The van der Waals surface area contributed by atoms with Crippen LogP contribution >= 0.6 is 0 Å². The lowest BCUT2D eigenvalue weighted by atomic mass is 10.2. The number of nitrogens with two attached hydrogens (primary N) is 3. The summed E-state index contributed by atoms with van der Waals surface area (Å²) in [6.07, 6.45) is 1.33. The molecule has 160 valence electrons. The molecule has 0 aliphatic heterocycles. The van der Waals surface area contributed by atoms with Crippen LogP contribution in [0.5, 0.6) is 5.75 Å². The number of anilines is 2. The molecular formula is C18H17N7O5S. The van der Waals surface area contributed by atoms with Crippen LogP contribution in [0.2, 0.25) is 0 Å². The monoisotopic (exact) mass is 443 g/mol. The number of esters is 1. The maximum Gasteiger partial charge on any atom is 0.342 e. The molecule has 2 aromatic carbocycles. The lowest BCUT2D eigenvalue weighted by molar-refractivity contribution is 0.0470. The summed E-state index contributed by atoms with van der Waals surface area (Å²) >= 11 is 0. The molecule has 1 heterocycles. The van der Waals surface area contributed by atoms with Gasteiger partial charge < -0.3 is 21.3 Å². The highest BCUT2D eigenvalue weighted by Crippen LogP contribution is 2.26. The molecule has 0 saturated heterocycles. The lowest BCUT2D eigenvalue weighted by Gasteiger charge is -2.08. The van der Waals surface area contributed by atoms with E-state index in [2.05, 4.69) is 20.2 Å². The van der Waals surface area contributed by atoms with Crippen LogP contribution in [0.15, 0.2) is 63.8 Å². The van der Waals surface area contributed by atoms with Crippen molar-refractivity contribution >= 4 is 39.1 Å². The molecule has 0 aliphatic rings. The highest BCUT2D eigenvalue weighted by molar-refractivity contribution is 7.89. The number of nitrogens with zero attached hydrogens (tertiary/aromatic N) is 4. The summed E-state index contributed by atoms with van der Waals surface area (Å²) in [5, 5.41) is 22.9. The Morgan fingerprint density at radius 2 is 1.71 bits per heavy atom. The highest BCUT2D eigenvalue weighted by atomic mass is 32.2. The minimum Gasteiger partial charge on any atom is -0.507 e. The number of phenols is 1. The number of primary sulfonamides is 1. The fourth-order valence-electron chi connectivity index (χ4n) is 2.33. The van der Waals surface area contributed by atoms with E-state index in [4.69, 9.17) is 21.3 Å². The number of carbonyl (C=O) groups excluding carboxylic acids is 1. The Morgan fingerprint density at radius 1 is 1.06 bits per heavy atom. The number of carbonyl (C=O) groups is 1. The summed E-state index contributed by atoms with van der Waals surface area (Å²) in [4.78, 5) is 19.8. The van der Waals surface area contributed by atoms with Crippen LogP contribution in [0, 0.1) is 0 Å². The van der Waals surface area contributed by atoms with Crippen LogP contribution in [0.25, 0.3) is 0 Å². The average Bonchev–Trinajstić information content (AvgIpc) is 2.72. The molecule has 0 radical (unpaired) electrons. The molecule has 1 aromatic heterocycles. The van der Waals surface area contributed by atoms with E-state index in [1.807, 2.05) is 0 Å². The molecular weight excluding hydrogens is 426 g/mol. The predicted molar refractivity (Wildman–Crippen MR) is 110 cm³/mol. The van der Waals surface area contributed by atoms with E-state index < -0.39 is 16.0 Å². The van der Waals surface area contributed by atoms with E-state index in [1.165, 1.54) is 48.7 Å². The fraction of sp³-hybridized carbons (Fsp3) is 0.0556. The third-order valence-corrected chi connectivity index (χ3v) is 4.85. The number of phenolic OH excluding ortho intramolecular Hbond substituents is 1. The zero-order valence-electron chi connectivity index (χ0n) is 15.8. The number of hydrogen-bond acceptors (Lipinski definition) is 11. The number of azo groups is 1. The minimum atomic E-state index is -3.81. The van der Waals surface area contributed by atoms with Crippen molar-refractivity contribution in [1.29, 1.82) is 0 Å². The van der Waals surface area contributed by atoms with E-state index in [0.717, 1.165) is 0 Å². The molecule has 0 saturated carbocycles. The van der Waals surface area contributed by atoms with Crippen LogP contribution in [-0.2, 0) is 21.4 Å². The van der Waals surface area contributed by atoms with Gasteiger partial charge in [0.2, 0.25) is 16.0 Å². The summed E-state index contributed by atoms with van der Waals surface area (Å²) in [6.45, 7) is -0.230. The van der Waals surface area contributed by atoms with Gasteiger partial charge in [0, 0.05) is 6.20 Å². The second-order valence-electron chi connectivity index (χ2n) is 6.16. The molecule has 0 atom stereocenters. The lowest BCUT2D eigenvalue weighted by Crippen LogP contribution is -2.11. The maximum absolute atomic E-state index is 12.3. The van der Waals surface area contributed by atoms with Gasteiger partial charge in [-0.05, 0) is 42.5 Å². The summed E-state index contributed by atoms with van der Waals surface area (Å²) < 4.78 is 27.7. The molecule has 3 aromatic rings. The Balaban J connectivity index is 1.73. The second kappa shape index (κ2) is 8.73. The van der Waals surface area contributed by atoms with Crippen LogP contribution in [0.3, 0.4) is 0 Å². The molecule has 7 N–H and O–H groups in total. The molecule has 31 heavy (non-hydrogen) atoms. The molecule has 0 spiro atoms. The van der Waals surface area contributed by atoms with Gasteiger partial charge >= 0.3 is 5.97 Å². The van der Waals surface area contributed by atoms with Crippen molar-refractivity contribution in [3.05, 3.63) is 59.8 Å². The quantitative estimate of drug-likeness (QED) is 0.322. The molecule has 0 unspecified atom stereocenters. The number of aromatic hydroxyl groups is 1. The summed E-state index contributed by atoms with van der Waals surface area (Å²) in [6, 6.07) is 9.38. The van der Waals surface area contributed by atoms with Gasteiger partial charge in [-0.15, -0.1) is 0 Å². The van der Waals surface area contributed by atoms with Crippen molar-refractivity contribution in [3.63, 3.8) is 0 Å². The van der Waals surface area contributed by atoms with Crippen molar-refractivity contribution in [1.82, 2.24) is 9.97 Å². The van der Waals surface area contributed by atoms with Gasteiger partial charge in [-0.3, -0.25) is 0 Å². The van der Waals surface area contributed by atoms with Crippen LogP contribution in [-0.4, -0.2) is 29.5 Å². The Labute approximate surface area is 176 Å². The largest absolute Gasteiger partial charge is 0.507 e. The SMILES string of the molecule is Nc1ncc(COC(=O)c2cc(/N=N/c3ccc(S(N)(=O)=O)cc3)ccc2O)c(N)n1. The number of hydrogen-bond donors (Lipinski definition) is 4. The Kier molecular flexibility index (Phi) is 6.08. The van der Waals surface area contributed by atoms with E-state index in [-0.39, 0.29) is 40.3 Å². The van der Waals surface area contributed by atoms with Gasteiger partial charge in [0.05, 0.1) is 21.8 Å². The van der Waals surface area contributed by atoms with Crippen molar-refractivity contribution < 1.29 is 23.1 Å². The van der Waals surface area contributed by atoms with Gasteiger partial charge in [0.1, 0.15) is 23.7 Å². The summed E-state index contributed by atoms with van der Waals surface area (Å²) in [5.41, 5.74) is 11.9. The molecule has 0 bridgehead atoms. The molecule has 12 nitrogen and oxygen atoms in total. The Morgan fingerprint density at radius 3 is 2.35 bits per heavy atom. The molecule has 0 amide bonds. The maximum atomic E-state index is 12.3. The zero-order chi connectivity index (χ0) is 22.6. The summed E-state index contributed by atoms with van der Waals surface area (Å²) in [7, 11) is -3.81. The molecule has 0 fully saturated rings. The Hall–Kier alpha value is -4.10. The number of rotatable bonds is 6. The second-order valence-corrected chi connectivity index (χ2v) is 7.72. The highest BCUT2D eigenvalue weighted by Gasteiger charge is 2.15. The molecule has 3 rings (SSSR count). The topological polar surface area (TPSA) is 209 Å². The van der Waals surface area contributed by atoms with E-state index >= 15 is 0 Å².